The highest BCUT2D eigenvalue weighted by atomic mass is 16.2. The lowest BCUT2D eigenvalue weighted by atomic mass is 9.85. The summed E-state index contributed by atoms with van der Waals surface area (Å²) >= 11 is 0. The Balaban J connectivity index is 1.55. The van der Waals surface area contributed by atoms with Crippen LogP contribution in [0.25, 0.3) is 0 Å². The lowest BCUT2D eigenvalue weighted by molar-refractivity contribution is -0.129. The Hall–Kier alpha value is -1.84. The highest BCUT2D eigenvalue weighted by molar-refractivity contribution is 5.89. The second-order valence-electron chi connectivity index (χ2n) is 7.04. The van der Waals surface area contributed by atoms with Crippen LogP contribution in [0.1, 0.15) is 44.6 Å². The molecule has 4 heteroatoms. The summed E-state index contributed by atoms with van der Waals surface area (Å²) in [7, 11) is 0. The van der Waals surface area contributed by atoms with Gasteiger partial charge in [0, 0.05) is 25.6 Å². The summed E-state index contributed by atoms with van der Waals surface area (Å²) in [4.78, 5) is 26.5. The van der Waals surface area contributed by atoms with Crippen LogP contribution < -0.4 is 5.32 Å². The fourth-order valence-electron chi connectivity index (χ4n) is 3.74. The van der Waals surface area contributed by atoms with Gasteiger partial charge < -0.3 is 10.2 Å². The third kappa shape index (κ3) is 3.92. The molecule has 0 bridgehead atoms. The van der Waals surface area contributed by atoms with Gasteiger partial charge in [0.05, 0.1) is 5.92 Å². The predicted molar refractivity (Wildman–Crippen MR) is 89.5 cm³/mol. The van der Waals surface area contributed by atoms with Crippen molar-refractivity contribution in [3.8, 4) is 0 Å². The van der Waals surface area contributed by atoms with Crippen LogP contribution in [0.3, 0.4) is 0 Å². The van der Waals surface area contributed by atoms with E-state index in [0.717, 1.165) is 12.0 Å². The van der Waals surface area contributed by atoms with Crippen molar-refractivity contribution in [1.29, 1.82) is 0 Å². The molecule has 4 nitrogen and oxygen atoms in total. The molecule has 23 heavy (non-hydrogen) atoms. The van der Waals surface area contributed by atoms with Crippen molar-refractivity contribution in [2.45, 2.75) is 51.6 Å². The topological polar surface area (TPSA) is 49.4 Å². The van der Waals surface area contributed by atoms with Crippen LogP contribution in [0.2, 0.25) is 0 Å². The summed E-state index contributed by atoms with van der Waals surface area (Å²) in [6.07, 6.45) is 5.06. The molecular formula is C19H26N2O2. The van der Waals surface area contributed by atoms with E-state index in [4.69, 9.17) is 0 Å². The summed E-state index contributed by atoms with van der Waals surface area (Å²) in [6, 6.07) is 10.2. The first kappa shape index (κ1) is 16.0. The van der Waals surface area contributed by atoms with Crippen molar-refractivity contribution in [3.05, 3.63) is 35.9 Å². The van der Waals surface area contributed by atoms with Crippen LogP contribution >= 0.6 is 0 Å². The van der Waals surface area contributed by atoms with Gasteiger partial charge in [-0.25, -0.2) is 0 Å². The second kappa shape index (κ2) is 7.16. The van der Waals surface area contributed by atoms with E-state index in [1.54, 1.807) is 0 Å². The van der Waals surface area contributed by atoms with Gasteiger partial charge in [-0.05, 0) is 24.3 Å². The molecule has 1 aromatic carbocycles. The molecule has 1 aliphatic carbocycles. The maximum absolute atomic E-state index is 12.5. The van der Waals surface area contributed by atoms with Crippen LogP contribution in [0, 0.1) is 11.8 Å². The Kier molecular flexibility index (Phi) is 4.99. The van der Waals surface area contributed by atoms with Crippen LogP contribution in [0.5, 0.6) is 0 Å². The monoisotopic (exact) mass is 314 g/mol. The number of amides is 2. The van der Waals surface area contributed by atoms with Crippen LogP contribution in [0.4, 0.5) is 0 Å². The molecule has 1 saturated heterocycles. The number of likely N-dealkylation sites (tertiary alicyclic amines) is 1. The zero-order chi connectivity index (χ0) is 16.2. The number of carbonyl (C=O) groups excluding carboxylic acids is 2. The first-order chi connectivity index (χ1) is 11.1. The Morgan fingerprint density at radius 3 is 2.70 bits per heavy atom. The SMILES string of the molecule is C[C@@H]1CCCC[C@@H]1NC(=O)[C@H]1CC(=O)N(Cc2ccccc2)C1. The van der Waals surface area contributed by atoms with Crippen molar-refractivity contribution in [1.82, 2.24) is 10.2 Å². The summed E-state index contributed by atoms with van der Waals surface area (Å²) in [5, 5.41) is 3.20. The van der Waals surface area contributed by atoms with Gasteiger partial charge in [0.25, 0.3) is 0 Å². The molecule has 0 aromatic heterocycles. The van der Waals surface area contributed by atoms with Gasteiger partial charge in [-0.1, -0.05) is 50.1 Å². The molecule has 1 N–H and O–H groups in total. The van der Waals surface area contributed by atoms with E-state index in [9.17, 15) is 9.59 Å². The molecule has 0 radical (unpaired) electrons. The first-order valence-electron chi connectivity index (χ1n) is 8.75. The molecule has 1 aromatic rings. The fraction of sp³-hybridized carbons (Fsp3) is 0.579. The van der Waals surface area contributed by atoms with Crippen molar-refractivity contribution in [3.63, 3.8) is 0 Å². The average molecular weight is 314 g/mol. The zero-order valence-electron chi connectivity index (χ0n) is 13.8. The predicted octanol–water partition coefficient (Wildman–Crippen LogP) is 2.73. The number of nitrogens with zero attached hydrogens (tertiary/aromatic N) is 1. The quantitative estimate of drug-likeness (QED) is 0.929. The fourth-order valence-corrected chi connectivity index (χ4v) is 3.74. The Bertz CT molecular complexity index is 558. The minimum atomic E-state index is -0.194. The number of hydrogen-bond donors (Lipinski definition) is 1. The van der Waals surface area contributed by atoms with E-state index in [0.29, 0.717) is 25.4 Å². The van der Waals surface area contributed by atoms with E-state index in [2.05, 4.69) is 12.2 Å². The van der Waals surface area contributed by atoms with Crippen LogP contribution in [0.15, 0.2) is 30.3 Å². The van der Waals surface area contributed by atoms with E-state index in [1.165, 1.54) is 19.3 Å². The molecule has 2 aliphatic rings. The maximum Gasteiger partial charge on any atom is 0.225 e. The lowest BCUT2D eigenvalue weighted by Crippen LogP contribution is -2.44. The molecule has 1 heterocycles. The molecule has 2 amide bonds. The zero-order valence-corrected chi connectivity index (χ0v) is 13.8. The highest BCUT2D eigenvalue weighted by Gasteiger charge is 2.35. The molecule has 124 valence electrons. The van der Waals surface area contributed by atoms with Gasteiger partial charge in [0.1, 0.15) is 0 Å². The highest BCUT2D eigenvalue weighted by Crippen LogP contribution is 2.25. The van der Waals surface area contributed by atoms with Crippen LogP contribution in [-0.4, -0.2) is 29.3 Å². The van der Waals surface area contributed by atoms with E-state index in [-0.39, 0.29) is 23.8 Å². The smallest absolute Gasteiger partial charge is 0.225 e. The lowest BCUT2D eigenvalue weighted by Gasteiger charge is -2.30. The second-order valence-corrected chi connectivity index (χ2v) is 7.04. The Morgan fingerprint density at radius 1 is 1.22 bits per heavy atom. The Morgan fingerprint density at radius 2 is 1.96 bits per heavy atom. The minimum absolute atomic E-state index is 0.0626. The largest absolute Gasteiger partial charge is 0.353 e. The van der Waals surface area contributed by atoms with Crippen LogP contribution in [-0.2, 0) is 16.1 Å². The summed E-state index contributed by atoms with van der Waals surface area (Å²) in [5.41, 5.74) is 1.11. The van der Waals surface area contributed by atoms with Crippen molar-refractivity contribution in [2.24, 2.45) is 11.8 Å². The average Bonchev–Trinajstić information content (AvgIpc) is 2.92. The van der Waals surface area contributed by atoms with Crippen molar-refractivity contribution in [2.75, 3.05) is 6.54 Å². The molecule has 2 fully saturated rings. The van der Waals surface area contributed by atoms with Gasteiger partial charge in [-0.15, -0.1) is 0 Å². The van der Waals surface area contributed by atoms with Gasteiger partial charge in [0.2, 0.25) is 11.8 Å². The standard InChI is InChI=1S/C19H26N2O2/c1-14-7-5-6-10-17(14)20-19(23)16-11-18(22)21(13-16)12-15-8-3-2-4-9-15/h2-4,8-9,14,16-17H,5-7,10-13H2,1H3,(H,20,23)/t14-,16+,17+/m1/s1. The molecule has 3 rings (SSSR count). The molecule has 0 spiro atoms. The number of hydrogen-bond acceptors (Lipinski definition) is 2. The van der Waals surface area contributed by atoms with E-state index in [1.807, 2.05) is 35.2 Å². The van der Waals surface area contributed by atoms with E-state index >= 15 is 0 Å². The van der Waals surface area contributed by atoms with Gasteiger partial charge in [-0.2, -0.15) is 0 Å². The number of carbonyl (C=O) groups is 2. The molecule has 1 saturated carbocycles. The summed E-state index contributed by atoms with van der Waals surface area (Å²) < 4.78 is 0. The number of benzene rings is 1. The maximum atomic E-state index is 12.5. The van der Waals surface area contributed by atoms with Gasteiger partial charge in [0.15, 0.2) is 0 Å². The molecular weight excluding hydrogens is 288 g/mol. The first-order valence-corrected chi connectivity index (χ1v) is 8.75. The third-order valence-corrected chi connectivity index (χ3v) is 5.24. The normalized spacial score (nSPS) is 28.0. The summed E-state index contributed by atoms with van der Waals surface area (Å²) in [6.45, 7) is 3.36. The minimum Gasteiger partial charge on any atom is -0.353 e. The van der Waals surface area contributed by atoms with Crippen molar-refractivity contribution < 1.29 is 9.59 Å². The number of nitrogens with one attached hydrogen (secondary N) is 1. The van der Waals surface area contributed by atoms with E-state index < -0.39 is 0 Å². The Labute approximate surface area is 138 Å². The summed E-state index contributed by atoms with van der Waals surface area (Å²) in [5.74, 6) is 0.504. The number of rotatable bonds is 4. The molecule has 3 atom stereocenters. The van der Waals surface area contributed by atoms with Gasteiger partial charge in [-0.3, -0.25) is 9.59 Å². The van der Waals surface area contributed by atoms with Gasteiger partial charge >= 0.3 is 0 Å². The third-order valence-electron chi connectivity index (χ3n) is 5.24. The molecule has 0 unspecified atom stereocenters. The van der Waals surface area contributed by atoms with Crippen molar-refractivity contribution >= 4 is 11.8 Å². The molecule has 1 aliphatic heterocycles.